The minimum absolute atomic E-state index is 0.0520. The predicted octanol–water partition coefficient (Wildman–Crippen LogP) is 2.10. The summed E-state index contributed by atoms with van der Waals surface area (Å²) < 4.78 is 37.3. The van der Waals surface area contributed by atoms with Gasteiger partial charge in [0.25, 0.3) is 15.9 Å². The second kappa shape index (κ2) is 8.00. The molecule has 2 aliphatic rings. The fraction of sp³-hybridized carbons (Fsp3) is 0.211. The molecule has 2 heterocycles. The fourth-order valence-corrected chi connectivity index (χ4v) is 5.24. The Morgan fingerprint density at radius 2 is 1.97 bits per heavy atom. The first kappa shape index (κ1) is 20.2. The molecule has 1 amide bonds. The highest BCUT2D eigenvalue weighted by Crippen LogP contribution is 2.42. The number of esters is 1. The molecule has 1 N–H and O–H groups in total. The maximum absolute atomic E-state index is 12.3. The Morgan fingerprint density at radius 1 is 1.20 bits per heavy atom. The third kappa shape index (κ3) is 4.26. The largest absolute Gasteiger partial charge is 0.497 e. The second-order valence-electron chi connectivity index (χ2n) is 6.45. The van der Waals surface area contributed by atoms with Crippen LogP contribution in [0.4, 0.5) is 11.4 Å². The Balaban J connectivity index is 1.37. The third-order valence-electron chi connectivity index (χ3n) is 4.42. The number of sulfonamides is 1. The number of carbonyl (C=O) groups excluding carboxylic acids is 2. The Morgan fingerprint density at radius 3 is 2.70 bits per heavy atom. The third-order valence-corrected chi connectivity index (χ3v) is 6.72. The first-order valence-corrected chi connectivity index (χ1v) is 11.3. The van der Waals surface area contributed by atoms with Gasteiger partial charge in [0.15, 0.2) is 11.8 Å². The van der Waals surface area contributed by atoms with Crippen molar-refractivity contribution in [1.82, 2.24) is 0 Å². The van der Waals surface area contributed by atoms with Crippen LogP contribution in [0.5, 0.6) is 5.75 Å². The van der Waals surface area contributed by atoms with Gasteiger partial charge in [0.05, 0.1) is 24.1 Å². The van der Waals surface area contributed by atoms with E-state index in [0.717, 1.165) is 5.69 Å². The number of nitrogens with zero attached hydrogens (tertiary/aromatic N) is 2. The molecule has 0 radical (unpaired) electrons. The molecular formula is C19H17N3O6S2. The topological polar surface area (TPSA) is 114 Å². The fourth-order valence-electron chi connectivity index (χ4n) is 2.94. The lowest BCUT2D eigenvalue weighted by Gasteiger charge is -2.22. The van der Waals surface area contributed by atoms with E-state index in [1.54, 1.807) is 54.5 Å². The van der Waals surface area contributed by atoms with E-state index in [0.29, 0.717) is 28.0 Å². The van der Waals surface area contributed by atoms with Crippen molar-refractivity contribution in [3.63, 3.8) is 0 Å². The molecule has 0 aliphatic carbocycles. The van der Waals surface area contributed by atoms with Gasteiger partial charge in [-0.3, -0.25) is 4.79 Å². The van der Waals surface area contributed by atoms with Crippen LogP contribution in [-0.4, -0.2) is 51.5 Å². The van der Waals surface area contributed by atoms with Gasteiger partial charge < -0.3 is 19.7 Å². The van der Waals surface area contributed by atoms with E-state index in [-0.39, 0.29) is 11.3 Å². The molecule has 0 atom stereocenters. The van der Waals surface area contributed by atoms with Crippen molar-refractivity contribution >= 4 is 50.2 Å². The van der Waals surface area contributed by atoms with Gasteiger partial charge in [-0.25, -0.2) is 13.2 Å². The second-order valence-corrected chi connectivity index (χ2v) is 9.21. The number of rotatable bonds is 5. The average Bonchev–Trinajstić information content (AvgIpc) is 3.07. The van der Waals surface area contributed by atoms with Crippen LogP contribution < -0.4 is 15.0 Å². The Bertz CT molecular complexity index is 1150. The quantitative estimate of drug-likeness (QED) is 0.693. The predicted molar refractivity (Wildman–Crippen MR) is 113 cm³/mol. The summed E-state index contributed by atoms with van der Waals surface area (Å²) in [5, 5.41) is 3.00. The highest BCUT2D eigenvalue weighted by Gasteiger charge is 2.33. The van der Waals surface area contributed by atoms with E-state index in [2.05, 4.69) is 9.71 Å². The molecule has 2 aromatic carbocycles. The molecular weight excluding hydrogens is 430 g/mol. The molecule has 11 heteroatoms. The Labute approximate surface area is 177 Å². The normalized spacial score (nSPS) is 16.2. The number of hydrogen-bond acceptors (Lipinski definition) is 8. The monoisotopic (exact) mass is 447 g/mol. The highest BCUT2D eigenvalue weighted by atomic mass is 32.2. The number of amides is 1. The van der Waals surface area contributed by atoms with E-state index >= 15 is 0 Å². The number of benzene rings is 2. The van der Waals surface area contributed by atoms with Gasteiger partial charge in [-0.15, -0.1) is 4.40 Å². The molecule has 0 bridgehead atoms. The number of amidine groups is 1. The molecule has 0 saturated heterocycles. The van der Waals surface area contributed by atoms with Gasteiger partial charge in [-0.05, 0) is 54.2 Å². The van der Waals surface area contributed by atoms with Gasteiger partial charge in [0.1, 0.15) is 5.75 Å². The van der Waals surface area contributed by atoms with Crippen LogP contribution in [0.1, 0.15) is 10.4 Å². The minimum Gasteiger partial charge on any atom is -0.497 e. The van der Waals surface area contributed by atoms with Crippen molar-refractivity contribution in [2.45, 2.75) is 4.90 Å². The first-order chi connectivity index (χ1) is 14.3. The van der Waals surface area contributed by atoms with Gasteiger partial charge in [-0.1, -0.05) is 0 Å². The molecule has 156 valence electrons. The van der Waals surface area contributed by atoms with Crippen LogP contribution in [0.3, 0.4) is 0 Å². The van der Waals surface area contributed by atoms with E-state index in [1.165, 1.54) is 11.8 Å². The SMILES string of the molecule is COc1ccc(NC(=O)COC(=O)c2ccc3c(c2)SC2=NS(=O)(=O)CCN23)cc1. The lowest BCUT2D eigenvalue weighted by atomic mass is 10.2. The molecule has 2 aliphatic heterocycles. The Kier molecular flexibility index (Phi) is 5.39. The number of thioether (sulfide) groups is 1. The number of hydrogen-bond donors (Lipinski definition) is 1. The Hall–Kier alpha value is -3.05. The maximum Gasteiger partial charge on any atom is 0.338 e. The van der Waals surface area contributed by atoms with E-state index < -0.39 is 28.5 Å². The molecule has 2 aromatic rings. The molecule has 0 fully saturated rings. The number of methoxy groups -OCH3 is 1. The van der Waals surface area contributed by atoms with Crippen LogP contribution in [0, 0.1) is 0 Å². The summed E-state index contributed by atoms with van der Waals surface area (Å²) >= 11 is 1.18. The molecule has 0 saturated carbocycles. The average molecular weight is 447 g/mol. The van der Waals surface area contributed by atoms with Crippen LogP contribution in [0.2, 0.25) is 0 Å². The molecule has 9 nitrogen and oxygen atoms in total. The number of fused-ring (bicyclic) bond motifs is 3. The van der Waals surface area contributed by atoms with Crippen molar-refractivity contribution < 1.29 is 27.5 Å². The zero-order chi connectivity index (χ0) is 21.3. The maximum atomic E-state index is 12.3. The summed E-state index contributed by atoms with van der Waals surface area (Å²) in [6, 6.07) is 11.7. The number of anilines is 2. The van der Waals surface area contributed by atoms with Crippen LogP contribution in [0.25, 0.3) is 0 Å². The summed E-state index contributed by atoms with van der Waals surface area (Å²) in [5.41, 5.74) is 1.61. The summed E-state index contributed by atoms with van der Waals surface area (Å²) in [5.74, 6) is -0.513. The standard InChI is InChI=1S/C19H17N3O6S2/c1-27-14-5-3-13(4-6-14)20-17(23)11-28-18(24)12-2-7-15-16(10-12)29-19-21-30(25,26)9-8-22(15)19/h2-7,10H,8-9,11H2,1H3,(H,20,23). The molecule has 0 aromatic heterocycles. The summed E-state index contributed by atoms with van der Waals surface area (Å²) in [4.78, 5) is 26.9. The van der Waals surface area contributed by atoms with Crippen molar-refractivity contribution in [3.8, 4) is 5.75 Å². The number of carbonyl (C=O) groups is 2. The van der Waals surface area contributed by atoms with Crippen molar-refractivity contribution in [3.05, 3.63) is 48.0 Å². The van der Waals surface area contributed by atoms with Gasteiger partial charge in [-0.2, -0.15) is 0 Å². The molecule has 0 spiro atoms. The van der Waals surface area contributed by atoms with Crippen LogP contribution in [0.15, 0.2) is 51.8 Å². The van der Waals surface area contributed by atoms with Gasteiger partial charge >= 0.3 is 5.97 Å². The summed E-state index contributed by atoms with van der Waals surface area (Å²) in [6.45, 7) is -0.122. The van der Waals surface area contributed by atoms with E-state index in [1.807, 2.05) is 0 Å². The lowest BCUT2D eigenvalue weighted by Crippen LogP contribution is -2.35. The van der Waals surface area contributed by atoms with E-state index in [4.69, 9.17) is 9.47 Å². The molecule has 0 unspecified atom stereocenters. The minimum atomic E-state index is -3.45. The molecule has 30 heavy (non-hydrogen) atoms. The van der Waals surface area contributed by atoms with Crippen LogP contribution >= 0.6 is 11.8 Å². The molecule has 4 rings (SSSR count). The highest BCUT2D eigenvalue weighted by molar-refractivity contribution is 8.15. The first-order valence-electron chi connectivity index (χ1n) is 8.88. The zero-order valence-electron chi connectivity index (χ0n) is 15.8. The summed E-state index contributed by atoms with van der Waals surface area (Å²) in [7, 11) is -1.90. The number of ether oxygens (including phenoxy) is 2. The van der Waals surface area contributed by atoms with Crippen molar-refractivity contribution in [1.29, 1.82) is 0 Å². The smallest absolute Gasteiger partial charge is 0.338 e. The zero-order valence-corrected chi connectivity index (χ0v) is 17.5. The van der Waals surface area contributed by atoms with Crippen LogP contribution in [-0.2, 0) is 19.6 Å². The van der Waals surface area contributed by atoms with Gasteiger partial charge in [0.2, 0.25) is 0 Å². The number of nitrogens with one attached hydrogen (secondary N) is 1. The van der Waals surface area contributed by atoms with Gasteiger partial charge in [0, 0.05) is 17.1 Å². The van der Waals surface area contributed by atoms with Crippen molar-refractivity contribution in [2.24, 2.45) is 4.40 Å². The summed E-state index contributed by atoms with van der Waals surface area (Å²) in [6.07, 6.45) is 0. The lowest BCUT2D eigenvalue weighted by molar-refractivity contribution is -0.119. The van der Waals surface area contributed by atoms with Crippen molar-refractivity contribution in [2.75, 3.05) is 36.2 Å². The van der Waals surface area contributed by atoms with E-state index in [9.17, 15) is 18.0 Å².